The number of benzene rings is 3. The number of aliphatic imine (C=N–C) groups is 1. The van der Waals surface area contributed by atoms with Gasteiger partial charge in [-0.05, 0) is 66.1 Å². The van der Waals surface area contributed by atoms with Crippen LogP contribution < -0.4 is 9.47 Å². The van der Waals surface area contributed by atoms with Crippen LogP contribution in [0.5, 0.6) is 11.5 Å². The normalized spacial score (nSPS) is 15.8. The molecule has 1 aliphatic heterocycles. The fourth-order valence-electron chi connectivity index (χ4n) is 3.66. The molecule has 0 aliphatic carbocycles. The van der Waals surface area contributed by atoms with E-state index in [-0.39, 0.29) is 5.91 Å². The Morgan fingerprint density at radius 3 is 2.44 bits per heavy atom. The van der Waals surface area contributed by atoms with Gasteiger partial charge in [0.25, 0.3) is 5.91 Å². The van der Waals surface area contributed by atoms with Gasteiger partial charge in [-0.2, -0.15) is 0 Å². The zero-order chi connectivity index (χ0) is 25.7. The highest BCUT2D eigenvalue weighted by Crippen LogP contribution is 2.39. The maximum Gasteiger partial charge on any atom is 0.266 e. The summed E-state index contributed by atoms with van der Waals surface area (Å²) in [6, 6.07) is 21.7. The highest BCUT2D eigenvalue weighted by atomic mass is 79.9. The molecule has 3 aromatic carbocycles. The first-order valence-corrected chi connectivity index (χ1v) is 13.4. The second-order valence-corrected chi connectivity index (χ2v) is 10.8. The number of amidine groups is 1. The van der Waals surface area contributed by atoms with E-state index in [0.717, 1.165) is 21.3 Å². The van der Waals surface area contributed by atoms with E-state index in [2.05, 4.69) is 29.8 Å². The van der Waals surface area contributed by atoms with E-state index in [1.54, 1.807) is 12.0 Å². The number of ether oxygens (including phenoxy) is 2. The number of nitrogens with zero attached hydrogens (tertiary/aromatic N) is 2. The lowest BCUT2D eigenvalue weighted by atomic mass is 10.1. The molecule has 1 amide bonds. The van der Waals surface area contributed by atoms with Crippen LogP contribution in [0.1, 0.15) is 30.5 Å². The Hall–Kier alpha value is -3.03. The highest BCUT2D eigenvalue weighted by Gasteiger charge is 2.34. The zero-order valence-corrected chi connectivity index (χ0v) is 23.2. The molecule has 0 N–H and O–H groups in total. The first-order valence-electron chi connectivity index (χ1n) is 11.7. The van der Waals surface area contributed by atoms with Gasteiger partial charge < -0.3 is 9.47 Å². The molecule has 186 valence electrons. The number of hydrogen-bond donors (Lipinski definition) is 0. The van der Waals surface area contributed by atoms with E-state index in [9.17, 15) is 4.79 Å². The fourth-order valence-corrected chi connectivity index (χ4v) is 5.09. The Morgan fingerprint density at radius 2 is 1.78 bits per heavy atom. The molecule has 3 aromatic rings. The number of thioether (sulfide) groups is 1. The second kappa shape index (κ2) is 11.8. The van der Waals surface area contributed by atoms with E-state index < -0.39 is 0 Å². The zero-order valence-electron chi connectivity index (χ0n) is 20.8. The minimum absolute atomic E-state index is 0.0465. The quantitative estimate of drug-likeness (QED) is 0.264. The molecule has 0 saturated carbocycles. The van der Waals surface area contributed by atoms with Gasteiger partial charge in [-0.1, -0.05) is 77.8 Å². The summed E-state index contributed by atoms with van der Waals surface area (Å²) in [6.07, 6.45) is 1.88. The summed E-state index contributed by atoms with van der Waals surface area (Å²) in [7, 11) is 1.61. The molecule has 1 aliphatic rings. The van der Waals surface area contributed by atoms with E-state index in [1.165, 1.54) is 17.3 Å². The number of amides is 1. The summed E-state index contributed by atoms with van der Waals surface area (Å²) < 4.78 is 12.4. The molecule has 0 aromatic heterocycles. The average Bonchev–Trinajstić information content (AvgIpc) is 3.14. The smallest absolute Gasteiger partial charge is 0.266 e. The maximum atomic E-state index is 13.4. The molecule has 7 heteroatoms. The predicted octanol–water partition coefficient (Wildman–Crippen LogP) is 7.61. The summed E-state index contributed by atoms with van der Waals surface area (Å²) >= 11 is 5.04. The van der Waals surface area contributed by atoms with Crippen molar-refractivity contribution in [3.63, 3.8) is 0 Å². The van der Waals surface area contributed by atoms with Crippen molar-refractivity contribution in [2.75, 3.05) is 13.7 Å². The van der Waals surface area contributed by atoms with Crippen molar-refractivity contribution >= 4 is 50.5 Å². The molecule has 5 nitrogen and oxygen atoms in total. The monoisotopic (exact) mass is 564 g/mol. The Bertz CT molecular complexity index is 1290. The molecule has 0 atom stereocenters. The molecule has 1 fully saturated rings. The van der Waals surface area contributed by atoms with Gasteiger partial charge in [-0.25, -0.2) is 4.99 Å². The van der Waals surface area contributed by atoms with Crippen molar-refractivity contribution < 1.29 is 14.3 Å². The fraction of sp³-hybridized carbons (Fsp3) is 0.241. The van der Waals surface area contributed by atoms with Crippen LogP contribution in [-0.2, 0) is 11.4 Å². The Labute approximate surface area is 225 Å². The van der Waals surface area contributed by atoms with Gasteiger partial charge in [0.1, 0.15) is 6.61 Å². The van der Waals surface area contributed by atoms with Crippen molar-refractivity contribution in [2.24, 2.45) is 10.9 Å². The summed E-state index contributed by atoms with van der Waals surface area (Å²) in [5.41, 5.74) is 3.90. The molecule has 0 unspecified atom stereocenters. The maximum absolute atomic E-state index is 13.4. The minimum Gasteiger partial charge on any atom is -0.493 e. The van der Waals surface area contributed by atoms with Crippen LogP contribution in [-0.4, -0.2) is 29.6 Å². The third kappa shape index (κ3) is 6.39. The lowest BCUT2D eigenvalue weighted by molar-refractivity contribution is -0.122. The van der Waals surface area contributed by atoms with Crippen LogP contribution in [0.3, 0.4) is 0 Å². The van der Waals surface area contributed by atoms with Crippen LogP contribution in [0, 0.1) is 12.8 Å². The van der Waals surface area contributed by atoms with Crippen molar-refractivity contribution in [3.05, 3.63) is 92.8 Å². The minimum atomic E-state index is -0.0465. The summed E-state index contributed by atoms with van der Waals surface area (Å²) in [5, 5.41) is 0.690. The molecule has 0 radical (unpaired) electrons. The van der Waals surface area contributed by atoms with Crippen LogP contribution in [0.4, 0.5) is 5.69 Å². The van der Waals surface area contributed by atoms with Gasteiger partial charge in [0.15, 0.2) is 16.7 Å². The van der Waals surface area contributed by atoms with Crippen LogP contribution >= 0.6 is 27.7 Å². The number of carbonyl (C=O) groups excluding carboxylic acids is 1. The average molecular weight is 566 g/mol. The molecular formula is C29H29BrN2O3S. The summed E-state index contributed by atoms with van der Waals surface area (Å²) in [6.45, 7) is 7.27. The van der Waals surface area contributed by atoms with E-state index in [4.69, 9.17) is 14.5 Å². The van der Waals surface area contributed by atoms with Crippen LogP contribution in [0.15, 0.2) is 81.1 Å². The lowest BCUT2D eigenvalue weighted by Gasteiger charge is -2.17. The molecule has 4 rings (SSSR count). The lowest BCUT2D eigenvalue weighted by Crippen LogP contribution is -2.32. The first kappa shape index (κ1) is 26.0. The first-order chi connectivity index (χ1) is 17.3. The molecule has 1 heterocycles. The van der Waals surface area contributed by atoms with E-state index in [1.807, 2.05) is 79.7 Å². The van der Waals surface area contributed by atoms with Gasteiger partial charge in [0.2, 0.25) is 0 Å². The Kier molecular flexibility index (Phi) is 8.54. The van der Waals surface area contributed by atoms with Crippen molar-refractivity contribution in [1.29, 1.82) is 0 Å². The molecule has 36 heavy (non-hydrogen) atoms. The van der Waals surface area contributed by atoms with Crippen LogP contribution in [0.25, 0.3) is 6.08 Å². The molecular weight excluding hydrogens is 536 g/mol. The standard InChI is InChI=1S/C29H29BrN2O3S/c1-19(2)17-32-28(33)27(36-29(32)31-23-12-10-20(3)11-13-23)15-22-14-25(34-4)26(16-24(22)30)35-18-21-8-6-5-7-9-21/h5-16,19H,17-18H2,1-4H3/b27-15+,31-29?. The topological polar surface area (TPSA) is 51.1 Å². The predicted molar refractivity (Wildman–Crippen MR) is 152 cm³/mol. The van der Waals surface area contributed by atoms with Crippen molar-refractivity contribution in [1.82, 2.24) is 4.90 Å². The van der Waals surface area contributed by atoms with Gasteiger partial charge in [-0.15, -0.1) is 0 Å². The second-order valence-electron chi connectivity index (χ2n) is 8.95. The third-order valence-corrected chi connectivity index (χ3v) is 7.19. The van der Waals surface area contributed by atoms with E-state index >= 15 is 0 Å². The third-order valence-electron chi connectivity index (χ3n) is 5.50. The van der Waals surface area contributed by atoms with Gasteiger partial charge >= 0.3 is 0 Å². The molecule has 1 saturated heterocycles. The van der Waals surface area contributed by atoms with Gasteiger partial charge in [0, 0.05) is 11.0 Å². The summed E-state index contributed by atoms with van der Waals surface area (Å²) in [4.78, 5) is 20.5. The largest absolute Gasteiger partial charge is 0.493 e. The van der Waals surface area contributed by atoms with Gasteiger partial charge in [-0.3, -0.25) is 9.69 Å². The number of aryl methyl sites for hydroxylation is 1. The highest BCUT2D eigenvalue weighted by molar-refractivity contribution is 9.10. The number of rotatable bonds is 8. The van der Waals surface area contributed by atoms with Crippen LogP contribution in [0.2, 0.25) is 0 Å². The molecule has 0 bridgehead atoms. The Balaban J connectivity index is 1.62. The Morgan fingerprint density at radius 1 is 1.06 bits per heavy atom. The molecule has 0 spiro atoms. The SMILES string of the molecule is COc1cc(/C=C2/SC(=Nc3ccc(C)cc3)N(CC(C)C)C2=O)c(Br)cc1OCc1ccccc1. The number of halogens is 1. The number of methoxy groups -OCH3 is 1. The van der Waals surface area contributed by atoms with Crippen molar-refractivity contribution in [3.8, 4) is 11.5 Å². The summed E-state index contributed by atoms with van der Waals surface area (Å²) in [5.74, 6) is 1.49. The number of hydrogen-bond acceptors (Lipinski definition) is 5. The van der Waals surface area contributed by atoms with Crippen molar-refractivity contribution in [2.45, 2.75) is 27.4 Å². The van der Waals surface area contributed by atoms with Gasteiger partial charge in [0.05, 0.1) is 17.7 Å². The number of carbonyl (C=O) groups is 1. The van der Waals surface area contributed by atoms with E-state index in [0.29, 0.717) is 40.6 Å².